The van der Waals surface area contributed by atoms with E-state index in [4.69, 9.17) is 0 Å². The van der Waals surface area contributed by atoms with Gasteiger partial charge < -0.3 is 9.88 Å². The molecular weight excluding hydrogens is 286 g/mol. The number of amides is 1. The standard InChI is InChI=1S/C19H23N3O/c23-19(14-16-6-4-5-7-16)21-11-10-18-20-12-13-22(18)15-17-8-2-1-3-9-17/h1-4,6,8-9,12-13,16H,5,7,10-11,14-15H2,(H,21,23). The van der Waals surface area contributed by atoms with Crippen LogP contribution in [0.3, 0.4) is 0 Å². The van der Waals surface area contributed by atoms with Crippen LogP contribution in [0.1, 0.15) is 30.7 Å². The maximum Gasteiger partial charge on any atom is 0.220 e. The van der Waals surface area contributed by atoms with E-state index in [1.165, 1.54) is 5.56 Å². The molecule has 0 spiro atoms. The summed E-state index contributed by atoms with van der Waals surface area (Å²) in [5, 5.41) is 3.01. The van der Waals surface area contributed by atoms with Gasteiger partial charge in [-0.3, -0.25) is 4.79 Å². The van der Waals surface area contributed by atoms with Crippen molar-refractivity contribution in [1.82, 2.24) is 14.9 Å². The quantitative estimate of drug-likeness (QED) is 0.799. The molecule has 1 heterocycles. The first-order chi connectivity index (χ1) is 11.3. The summed E-state index contributed by atoms with van der Waals surface area (Å²) >= 11 is 0. The fourth-order valence-corrected chi connectivity index (χ4v) is 2.98. The molecule has 1 aliphatic rings. The highest BCUT2D eigenvalue weighted by Gasteiger charge is 2.13. The van der Waals surface area contributed by atoms with Gasteiger partial charge >= 0.3 is 0 Å². The lowest BCUT2D eigenvalue weighted by atomic mass is 10.1. The summed E-state index contributed by atoms with van der Waals surface area (Å²) in [7, 11) is 0. The topological polar surface area (TPSA) is 46.9 Å². The molecule has 120 valence electrons. The molecule has 0 fully saturated rings. The third-order valence-electron chi connectivity index (χ3n) is 4.23. The number of allylic oxidation sites excluding steroid dienone is 2. The maximum absolute atomic E-state index is 11.9. The Bertz CT molecular complexity index is 660. The molecule has 4 heteroatoms. The van der Waals surface area contributed by atoms with Gasteiger partial charge in [0.1, 0.15) is 5.82 Å². The van der Waals surface area contributed by atoms with Gasteiger partial charge in [-0.15, -0.1) is 0 Å². The van der Waals surface area contributed by atoms with E-state index in [2.05, 4.69) is 39.2 Å². The van der Waals surface area contributed by atoms with Crippen molar-refractivity contribution in [3.8, 4) is 0 Å². The number of aromatic nitrogens is 2. The van der Waals surface area contributed by atoms with Gasteiger partial charge in [-0.1, -0.05) is 42.5 Å². The van der Waals surface area contributed by atoms with Crippen molar-refractivity contribution in [2.45, 2.75) is 32.2 Å². The van der Waals surface area contributed by atoms with Crippen LogP contribution in [0.2, 0.25) is 0 Å². The molecule has 1 atom stereocenters. The summed E-state index contributed by atoms with van der Waals surface area (Å²) in [6.45, 7) is 1.46. The normalized spacial score (nSPS) is 16.6. The van der Waals surface area contributed by atoms with Crippen molar-refractivity contribution < 1.29 is 4.79 Å². The minimum absolute atomic E-state index is 0.141. The SMILES string of the molecule is O=C(CC1C=CCC1)NCCc1nccn1Cc1ccccc1. The number of imidazole rings is 1. The second-order valence-electron chi connectivity index (χ2n) is 6.03. The van der Waals surface area contributed by atoms with Crippen molar-refractivity contribution >= 4 is 5.91 Å². The average molecular weight is 309 g/mol. The minimum Gasteiger partial charge on any atom is -0.356 e. The zero-order valence-corrected chi connectivity index (χ0v) is 13.3. The molecule has 1 aromatic carbocycles. The maximum atomic E-state index is 11.9. The van der Waals surface area contributed by atoms with E-state index >= 15 is 0 Å². The fraction of sp³-hybridized carbons (Fsp3) is 0.368. The van der Waals surface area contributed by atoms with Crippen LogP contribution in [0.5, 0.6) is 0 Å². The molecule has 1 aromatic heterocycles. The van der Waals surface area contributed by atoms with Gasteiger partial charge in [0.15, 0.2) is 0 Å². The Morgan fingerprint density at radius 3 is 2.96 bits per heavy atom. The highest BCUT2D eigenvalue weighted by molar-refractivity contribution is 5.76. The van der Waals surface area contributed by atoms with Gasteiger partial charge in [0.05, 0.1) is 0 Å². The molecular formula is C19H23N3O. The van der Waals surface area contributed by atoms with Crippen LogP contribution in [0, 0.1) is 5.92 Å². The fourth-order valence-electron chi connectivity index (χ4n) is 2.98. The summed E-state index contributed by atoms with van der Waals surface area (Å²) in [6.07, 6.45) is 11.7. The van der Waals surface area contributed by atoms with Crippen molar-refractivity contribution in [3.63, 3.8) is 0 Å². The number of nitrogens with one attached hydrogen (secondary N) is 1. The van der Waals surface area contributed by atoms with Crippen molar-refractivity contribution in [3.05, 3.63) is 66.3 Å². The van der Waals surface area contributed by atoms with Gasteiger partial charge in [0.2, 0.25) is 5.91 Å². The van der Waals surface area contributed by atoms with E-state index in [0.717, 1.165) is 31.6 Å². The molecule has 1 N–H and O–H groups in total. The van der Waals surface area contributed by atoms with Crippen LogP contribution in [-0.4, -0.2) is 22.0 Å². The van der Waals surface area contributed by atoms with Gasteiger partial charge in [-0.05, 0) is 24.3 Å². The predicted octanol–water partition coefficient (Wildman–Crippen LogP) is 2.95. The lowest BCUT2D eigenvalue weighted by Gasteiger charge is -2.10. The molecule has 0 bridgehead atoms. The molecule has 1 unspecified atom stereocenters. The molecule has 3 rings (SSSR count). The van der Waals surface area contributed by atoms with Crippen molar-refractivity contribution in [2.75, 3.05) is 6.54 Å². The van der Waals surface area contributed by atoms with E-state index in [9.17, 15) is 4.79 Å². The van der Waals surface area contributed by atoms with Gasteiger partial charge in [0.25, 0.3) is 0 Å². The van der Waals surface area contributed by atoms with Gasteiger partial charge in [0, 0.05) is 38.3 Å². The molecule has 4 nitrogen and oxygen atoms in total. The van der Waals surface area contributed by atoms with Crippen LogP contribution < -0.4 is 5.32 Å². The Morgan fingerprint density at radius 2 is 2.17 bits per heavy atom. The Labute approximate surface area is 137 Å². The monoisotopic (exact) mass is 309 g/mol. The van der Waals surface area contributed by atoms with E-state index in [-0.39, 0.29) is 5.91 Å². The zero-order chi connectivity index (χ0) is 15.9. The average Bonchev–Trinajstić information content (AvgIpc) is 3.21. The number of nitrogens with zero attached hydrogens (tertiary/aromatic N) is 2. The van der Waals surface area contributed by atoms with Crippen LogP contribution in [0.4, 0.5) is 0 Å². The number of carbonyl (C=O) groups excluding carboxylic acids is 1. The molecule has 0 saturated carbocycles. The number of hydrogen-bond donors (Lipinski definition) is 1. The molecule has 1 aliphatic carbocycles. The minimum atomic E-state index is 0.141. The van der Waals surface area contributed by atoms with E-state index in [0.29, 0.717) is 18.9 Å². The summed E-state index contributed by atoms with van der Waals surface area (Å²) < 4.78 is 2.14. The Morgan fingerprint density at radius 1 is 1.30 bits per heavy atom. The molecule has 23 heavy (non-hydrogen) atoms. The van der Waals surface area contributed by atoms with Crippen LogP contribution in [0.25, 0.3) is 0 Å². The van der Waals surface area contributed by atoms with Crippen LogP contribution in [-0.2, 0) is 17.8 Å². The Hall–Kier alpha value is -2.36. The first kappa shape index (κ1) is 15.5. The smallest absolute Gasteiger partial charge is 0.220 e. The highest BCUT2D eigenvalue weighted by atomic mass is 16.1. The Kier molecular flexibility index (Phi) is 5.25. The molecule has 1 amide bonds. The van der Waals surface area contributed by atoms with E-state index in [1.54, 1.807) is 0 Å². The number of rotatable bonds is 7. The first-order valence-corrected chi connectivity index (χ1v) is 8.28. The van der Waals surface area contributed by atoms with Gasteiger partial charge in [-0.2, -0.15) is 0 Å². The largest absolute Gasteiger partial charge is 0.356 e. The number of hydrogen-bond acceptors (Lipinski definition) is 2. The summed E-state index contributed by atoms with van der Waals surface area (Å²) in [6, 6.07) is 10.3. The Balaban J connectivity index is 1.46. The molecule has 2 aromatic rings. The van der Waals surface area contributed by atoms with Crippen LogP contribution in [0.15, 0.2) is 54.9 Å². The third-order valence-corrected chi connectivity index (χ3v) is 4.23. The van der Waals surface area contributed by atoms with Crippen molar-refractivity contribution in [1.29, 1.82) is 0 Å². The molecule has 0 saturated heterocycles. The van der Waals surface area contributed by atoms with E-state index in [1.807, 2.05) is 30.6 Å². The lowest BCUT2D eigenvalue weighted by molar-refractivity contribution is -0.121. The summed E-state index contributed by atoms with van der Waals surface area (Å²) in [4.78, 5) is 16.3. The highest BCUT2D eigenvalue weighted by Crippen LogP contribution is 2.19. The number of benzene rings is 1. The molecule has 0 aliphatic heterocycles. The summed E-state index contributed by atoms with van der Waals surface area (Å²) in [5.41, 5.74) is 1.25. The molecule has 0 radical (unpaired) electrons. The summed E-state index contributed by atoms with van der Waals surface area (Å²) in [5.74, 6) is 1.58. The number of carbonyl (C=O) groups is 1. The van der Waals surface area contributed by atoms with Crippen LogP contribution >= 0.6 is 0 Å². The third kappa shape index (κ3) is 4.55. The predicted molar refractivity (Wildman–Crippen MR) is 91.0 cm³/mol. The second kappa shape index (κ2) is 7.77. The zero-order valence-electron chi connectivity index (χ0n) is 13.3. The van der Waals surface area contributed by atoms with Gasteiger partial charge in [-0.25, -0.2) is 4.98 Å². The lowest BCUT2D eigenvalue weighted by Crippen LogP contribution is -2.27. The van der Waals surface area contributed by atoms with Crippen molar-refractivity contribution in [2.24, 2.45) is 5.92 Å². The van der Waals surface area contributed by atoms with E-state index < -0.39 is 0 Å². The second-order valence-corrected chi connectivity index (χ2v) is 6.03. The first-order valence-electron chi connectivity index (χ1n) is 8.28.